The number of ether oxygens (including phenoxy) is 2. The fourth-order valence-electron chi connectivity index (χ4n) is 1.70. The highest BCUT2D eigenvalue weighted by atomic mass is 16.5. The Balaban J connectivity index is 1.93. The molecule has 1 heterocycles. The average Bonchev–Trinajstić information content (AvgIpc) is 3.30. The molecule has 1 unspecified atom stereocenters. The lowest BCUT2D eigenvalue weighted by Crippen LogP contribution is -2.48. The molecule has 21 heavy (non-hydrogen) atoms. The molecule has 0 bridgehead atoms. The van der Waals surface area contributed by atoms with Crippen LogP contribution in [0.2, 0.25) is 0 Å². The standard InChI is InChI=1S/C14H18N4O3/c1-14(8-15,9-20-2)18-13(19)11-5-17-12(6-16-11)21-7-10-3-4-10/h5-6,10H,3-4,7,9H2,1-2H3,(H,18,19). The van der Waals surface area contributed by atoms with Crippen molar-refractivity contribution >= 4 is 5.91 Å². The van der Waals surface area contributed by atoms with E-state index in [2.05, 4.69) is 15.3 Å². The van der Waals surface area contributed by atoms with E-state index in [-0.39, 0.29) is 12.3 Å². The summed E-state index contributed by atoms with van der Waals surface area (Å²) in [7, 11) is 1.47. The van der Waals surface area contributed by atoms with Gasteiger partial charge in [0.15, 0.2) is 0 Å². The van der Waals surface area contributed by atoms with Crippen molar-refractivity contribution in [1.82, 2.24) is 15.3 Å². The Hall–Kier alpha value is -2.20. The lowest BCUT2D eigenvalue weighted by Gasteiger charge is -2.21. The molecule has 1 aromatic heterocycles. The fourth-order valence-corrected chi connectivity index (χ4v) is 1.70. The second-order valence-corrected chi connectivity index (χ2v) is 5.33. The van der Waals surface area contributed by atoms with E-state index in [9.17, 15) is 4.79 Å². The van der Waals surface area contributed by atoms with Crippen LogP contribution in [0.5, 0.6) is 5.88 Å². The van der Waals surface area contributed by atoms with Crippen molar-refractivity contribution in [3.8, 4) is 11.9 Å². The Morgan fingerprint density at radius 2 is 2.29 bits per heavy atom. The first-order chi connectivity index (χ1) is 10.1. The number of nitrogens with zero attached hydrogens (tertiary/aromatic N) is 3. The highest BCUT2D eigenvalue weighted by molar-refractivity contribution is 5.92. The third-order valence-electron chi connectivity index (χ3n) is 3.09. The molecule has 1 N–H and O–H groups in total. The summed E-state index contributed by atoms with van der Waals surface area (Å²) in [6, 6.07) is 2.00. The largest absolute Gasteiger partial charge is 0.476 e. The van der Waals surface area contributed by atoms with E-state index in [1.807, 2.05) is 6.07 Å². The summed E-state index contributed by atoms with van der Waals surface area (Å²) < 4.78 is 10.4. The van der Waals surface area contributed by atoms with Crippen LogP contribution in [-0.4, -0.2) is 41.7 Å². The molecule has 1 atom stereocenters. The van der Waals surface area contributed by atoms with Gasteiger partial charge in [0.25, 0.3) is 5.91 Å². The normalized spacial score (nSPS) is 16.6. The van der Waals surface area contributed by atoms with Crippen LogP contribution in [0.4, 0.5) is 0 Å². The number of nitriles is 1. The van der Waals surface area contributed by atoms with Crippen molar-refractivity contribution in [1.29, 1.82) is 5.26 Å². The molecule has 1 fully saturated rings. The highest BCUT2D eigenvalue weighted by Crippen LogP contribution is 2.29. The Bertz CT molecular complexity index is 536. The molecule has 0 aromatic carbocycles. The van der Waals surface area contributed by atoms with Gasteiger partial charge in [-0.2, -0.15) is 5.26 Å². The predicted octanol–water partition coefficient (Wildman–Crippen LogP) is 0.924. The van der Waals surface area contributed by atoms with Gasteiger partial charge in [0.05, 0.1) is 31.7 Å². The molecule has 0 spiro atoms. The van der Waals surface area contributed by atoms with Crippen LogP contribution in [0.25, 0.3) is 0 Å². The molecule has 2 rings (SSSR count). The van der Waals surface area contributed by atoms with E-state index < -0.39 is 11.4 Å². The third-order valence-corrected chi connectivity index (χ3v) is 3.09. The first-order valence-electron chi connectivity index (χ1n) is 6.74. The minimum atomic E-state index is -1.10. The predicted molar refractivity (Wildman–Crippen MR) is 73.6 cm³/mol. The quantitative estimate of drug-likeness (QED) is 0.802. The van der Waals surface area contributed by atoms with E-state index in [0.717, 1.165) is 0 Å². The molecule has 0 radical (unpaired) electrons. The van der Waals surface area contributed by atoms with Crippen molar-refractivity contribution in [2.24, 2.45) is 5.92 Å². The van der Waals surface area contributed by atoms with Gasteiger partial charge in [0.1, 0.15) is 11.2 Å². The fraction of sp³-hybridized carbons (Fsp3) is 0.571. The van der Waals surface area contributed by atoms with Crippen LogP contribution >= 0.6 is 0 Å². The van der Waals surface area contributed by atoms with Gasteiger partial charge in [-0.15, -0.1) is 0 Å². The molecular weight excluding hydrogens is 272 g/mol. The third kappa shape index (κ3) is 4.39. The zero-order valence-electron chi connectivity index (χ0n) is 12.1. The Morgan fingerprint density at radius 3 is 2.81 bits per heavy atom. The maximum atomic E-state index is 12.0. The van der Waals surface area contributed by atoms with Crippen LogP contribution in [-0.2, 0) is 4.74 Å². The van der Waals surface area contributed by atoms with E-state index >= 15 is 0 Å². The minimum absolute atomic E-state index is 0.0885. The lowest BCUT2D eigenvalue weighted by atomic mass is 10.1. The molecule has 1 amide bonds. The average molecular weight is 290 g/mol. The van der Waals surface area contributed by atoms with Gasteiger partial charge in [-0.05, 0) is 25.7 Å². The van der Waals surface area contributed by atoms with Gasteiger partial charge in [0, 0.05) is 7.11 Å². The maximum Gasteiger partial charge on any atom is 0.272 e. The van der Waals surface area contributed by atoms with Gasteiger partial charge >= 0.3 is 0 Å². The Kier molecular flexibility index (Phi) is 4.70. The van der Waals surface area contributed by atoms with Gasteiger partial charge in [-0.3, -0.25) is 4.79 Å². The van der Waals surface area contributed by atoms with Crippen molar-refractivity contribution in [2.45, 2.75) is 25.3 Å². The molecule has 1 aliphatic carbocycles. The number of nitrogens with one attached hydrogen (secondary N) is 1. The number of hydrogen-bond acceptors (Lipinski definition) is 6. The molecule has 7 nitrogen and oxygen atoms in total. The second kappa shape index (κ2) is 6.50. The van der Waals surface area contributed by atoms with E-state index in [1.54, 1.807) is 6.92 Å². The van der Waals surface area contributed by atoms with Gasteiger partial charge < -0.3 is 14.8 Å². The van der Waals surface area contributed by atoms with Crippen molar-refractivity contribution < 1.29 is 14.3 Å². The van der Waals surface area contributed by atoms with Gasteiger partial charge in [-0.1, -0.05) is 0 Å². The lowest BCUT2D eigenvalue weighted by molar-refractivity contribution is 0.0854. The summed E-state index contributed by atoms with van der Waals surface area (Å²) in [5.74, 6) is 0.552. The maximum absolute atomic E-state index is 12.0. The SMILES string of the molecule is COCC(C)(C#N)NC(=O)c1cnc(OCC2CC2)cn1. The monoisotopic (exact) mass is 290 g/mol. The molecule has 1 aromatic rings. The number of amides is 1. The zero-order chi connectivity index (χ0) is 15.3. The smallest absolute Gasteiger partial charge is 0.272 e. The summed E-state index contributed by atoms with van der Waals surface area (Å²) >= 11 is 0. The number of carbonyl (C=O) groups excluding carboxylic acids is 1. The second-order valence-electron chi connectivity index (χ2n) is 5.33. The number of aromatic nitrogens is 2. The molecule has 112 valence electrons. The van der Waals surface area contributed by atoms with E-state index in [4.69, 9.17) is 14.7 Å². The van der Waals surface area contributed by atoms with E-state index in [1.165, 1.54) is 32.3 Å². The summed E-state index contributed by atoms with van der Waals surface area (Å²) in [6.45, 7) is 2.31. The Labute approximate surface area is 123 Å². The molecule has 1 saturated carbocycles. The summed E-state index contributed by atoms with van der Waals surface area (Å²) in [5, 5.41) is 11.7. The number of methoxy groups -OCH3 is 1. The van der Waals surface area contributed by atoms with Crippen LogP contribution in [0.1, 0.15) is 30.3 Å². The van der Waals surface area contributed by atoms with E-state index in [0.29, 0.717) is 18.4 Å². The zero-order valence-corrected chi connectivity index (χ0v) is 12.1. The first kappa shape index (κ1) is 15.2. The number of hydrogen-bond donors (Lipinski definition) is 1. The summed E-state index contributed by atoms with van der Waals surface area (Å²) in [6.07, 6.45) is 5.14. The Morgan fingerprint density at radius 1 is 1.52 bits per heavy atom. The molecular formula is C14H18N4O3. The minimum Gasteiger partial charge on any atom is -0.476 e. The highest BCUT2D eigenvalue weighted by Gasteiger charge is 2.27. The topological polar surface area (TPSA) is 97.1 Å². The van der Waals surface area contributed by atoms with Gasteiger partial charge in [-0.25, -0.2) is 9.97 Å². The van der Waals surface area contributed by atoms with Crippen molar-refractivity contribution in [3.05, 3.63) is 18.1 Å². The number of rotatable bonds is 7. The van der Waals surface area contributed by atoms with Crippen LogP contribution < -0.4 is 10.1 Å². The summed E-state index contributed by atoms with van der Waals surface area (Å²) in [5.41, 5.74) is -0.972. The van der Waals surface area contributed by atoms with Crippen molar-refractivity contribution in [3.63, 3.8) is 0 Å². The van der Waals surface area contributed by atoms with Crippen LogP contribution in [0, 0.1) is 17.2 Å². The van der Waals surface area contributed by atoms with Crippen molar-refractivity contribution in [2.75, 3.05) is 20.3 Å². The molecule has 0 aliphatic heterocycles. The molecule has 0 saturated heterocycles. The van der Waals surface area contributed by atoms with Gasteiger partial charge in [0.2, 0.25) is 5.88 Å². The summed E-state index contributed by atoms with van der Waals surface area (Å²) in [4.78, 5) is 20.1. The van der Waals surface area contributed by atoms with Crippen LogP contribution in [0.15, 0.2) is 12.4 Å². The first-order valence-corrected chi connectivity index (χ1v) is 6.74. The number of carbonyl (C=O) groups is 1. The van der Waals surface area contributed by atoms with Crippen LogP contribution in [0.3, 0.4) is 0 Å². The molecule has 1 aliphatic rings. The molecule has 7 heteroatoms.